The van der Waals surface area contributed by atoms with Crippen molar-refractivity contribution >= 4 is 35.2 Å². The average molecular weight is 377 g/mol. The van der Waals surface area contributed by atoms with Crippen LogP contribution >= 0.6 is 23.4 Å². The molecule has 1 saturated heterocycles. The van der Waals surface area contributed by atoms with E-state index in [1.807, 2.05) is 34.1 Å². The number of aromatic nitrogens is 1. The van der Waals surface area contributed by atoms with Crippen LogP contribution in [0, 0.1) is 18.3 Å². The van der Waals surface area contributed by atoms with Gasteiger partial charge < -0.3 is 14.2 Å². The smallest absolute Gasteiger partial charge is 0.234 e. The molecular weight excluding hydrogens is 360 g/mol. The summed E-state index contributed by atoms with van der Waals surface area (Å²) >= 11 is 7.36. The molecule has 1 aliphatic heterocycles. The molecule has 0 spiro atoms. The Bertz CT molecular complexity index is 792. The van der Waals surface area contributed by atoms with E-state index in [4.69, 9.17) is 21.3 Å². The van der Waals surface area contributed by atoms with Gasteiger partial charge in [-0.1, -0.05) is 11.6 Å². The van der Waals surface area contributed by atoms with E-state index in [9.17, 15) is 4.79 Å². The Morgan fingerprint density at radius 2 is 2.00 bits per heavy atom. The lowest BCUT2D eigenvalue weighted by atomic mass is 10.3. The number of aryl methyl sites for hydroxylation is 1. The third-order valence-corrected chi connectivity index (χ3v) is 5.17. The van der Waals surface area contributed by atoms with E-state index in [0.29, 0.717) is 54.4 Å². The maximum absolute atomic E-state index is 12.4. The van der Waals surface area contributed by atoms with E-state index in [1.54, 1.807) is 6.92 Å². The standard InChI is InChI=1S/C17H17ClN4O2S/c1-12-20-15(10-19)17(24-12)22-8-6-21(7-9-22)16(23)11-25-14-4-2-13(18)3-5-14/h2-5H,6-9,11H2,1H3. The second-order valence-electron chi connectivity index (χ2n) is 5.61. The summed E-state index contributed by atoms with van der Waals surface area (Å²) in [6.07, 6.45) is 0. The predicted octanol–water partition coefficient (Wildman–Crippen LogP) is 2.95. The molecule has 3 rings (SSSR count). The van der Waals surface area contributed by atoms with E-state index >= 15 is 0 Å². The number of anilines is 1. The molecule has 1 amide bonds. The normalized spacial score (nSPS) is 14.4. The van der Waals surface area contributed by atoms with Gasteiger partial charge in [0.05, 0.1) is 5.75 Å². The van der Waals surface area contributed by atoms with Crippen LogP contribution in [0.5, 0.6) is 0 Å². The van der Waals surface area contributed by atoms with E-state index in [0.717, 1.165) is 4.90 Å². The fourth-order valence-corrected chi connectivity index (χ4v) is 3.56. The number of nitriles is 1. The van der Waals surface area contributed by atoms with Crippen LogP contribution in [-0.4, -0.2) is 47.7 Å². The number of hydrogen-bond donors (Lipinski definition) is 0. The summed E-state index contributed by atoms with van der Waals surface area (Å²) in [6.45, 7) is 4.18. The number of carbonyl (C=O) groups excluding carboxylic acids is 1. The second kappa shape index (κ2) is 7.81. The van der Waals surface area contributed by atoms with E-state index in [1.165, 1.54) is 11.8 Å². The van der Waals surface area contributed by atoms with Crippen LogP contribution in [0.4, 0.5) is 5.88 Å². The highest BCUT2D eigenvalue weighted by Crippen LogP contribution is 2.24. The van der Waals surface area contributed by atoms with Gasteiger partial charge in [-0.05, 0) is 24.3 Å². The Morgan fingerprint density at radius 3 is 2.64 bits per heavy atom. The van der Waals surface area contributed by atoms with Crippen molar-refractivity contribution in [3.05, 3.63) is 40.9 Å². The van der Waals surface area contributed by atoms with Gasteiger partial charge in [0.15, 0.2) is 5.89 Å². The molecule has 0 N–H and O–H groups in total. The van der Waals surface area contributed by atoms with Gasteiger partial charge in [0, 0.05) is 43.0 Å². The number of nitrogens with zero attached hydrogens (tertiary/aromatic N) is 4. The summed E-state index contributed by atoms with van der Waals surface area (Å²) in [5.41, 5.74) is 0.301. The highest BCUT2D eigenvalue weighted by molar-refractivity contribution is 8.00. The molecule has 0 aliphatic carbocycles. The molecule has 8 heteroatoms. The van der Waals surface area contributed by atoms with Gasteiger partial charge in [-0.2, -0.15) is 5.26 Å². The first-order valence-electron chi connectivity index (χ1n) is 7.85. The quantitative estimate of drug-likeness (QED) is 0.764. The molecule has 1 aromatic heterocycles. The van der Waals surface area contributed by atoms with Crippen molar-refractivity contribution in [1.29, 1.82) is 5.26 Å². The van der Waals surface area contributed by atoms with Gasteiger partial charge in [-0.3, -0.25) is 4.79 Å². The van der Waals surface area contributed by atoms with Gasteiger partial charge in [-0.25, -0.2) is 4.98 Å². The maximum atomic E-state index is 12.4. The predicted molar refractivity (Wildman–Crippen MR) is 96.9 cm³/mol. The van der Waals surface area contributed by atoms with E-state index in [-0.39, 0.29) is 5.91 Å². The molecule has 130 valence electrons. The monoisotopic (exact) mass is 376 g/mol. The minimum atomic E-state index is 0.105. The van der Waals surface area contributed by atoms with Gasteiger partial charge >= 0.3 is 0 Å². The topological polar surface area (TPSA) is 73.4 Å². The molecule has 2 aromatic rings. The fraction of sp³-hybridized carbons (Fsp3) is 0.353. The van der Waals surface area contributed by atoms with E-state index < -0.39 is 0 Å². The van der Waals surface area contributed by atoms with Crippen molar-refractivity contribution in [2.45, 2.75) is 11.8 Å². The maximum Gasteiger partial charge on any atom is 0.234 e. The number of amides is 1. The van der Waals surface area contributed by atoms with Crippen LogP contribution in [0.1, 0.15) is 11.6 Å². The van der Waals surface area contributed by atoms with E-state index in [2.05, 4.69) is 11.1 Å². The summed E-state index contributed by atoms with van der Waals surface area (Å²) in [5, 5.41) is 9.81. The van der Waals surface area contributed by atoms with Crippen molar-refractivity contribution in [2.75, 3.05) is 36.8 Å². The minimum absolute atomic E-state index is 0.105. The number of benzene rings is 1. The minimum Gasteiger partial charge on any atom is -0.424 e. The number of oxazole rings is 1. The van der Waals surface area contributed by atoms with Crippen LogP contribution < -0.4 is 4.90 Å². The Balaban J connectivity index is 1.52. The number of hydrogen-bond acceptors (Lipinski definition) is 6. The molecule has 0 unspecified atom stereocenters. The van der Waals surface area contributed by atoms with Crippen LogP contribution in [0.2, 0.25) is 5.02 Å². The number of piperazine rings is 1. The Hall–Kier alpha value is -2.17. The molecule has 6 nitrogen and oxygen atoms in total. The highest BCUT2D eigenvalue weighted by Gasteiger charge is 2.25. The van der Waals surface area contributed by atoms with Crippen LogP contribution in [0.3, 0.4) is 0 Å². The highest BCUT2D eigenvalue weighted by atomic mass is 35.5. The van der Waals surface area contributed by atoms with Gasteiger partial charge in [0.1, 0.15) is 6.07 Å². The Labute approximate surface area is 155 Å². The van der Waals surface area contributed by atoms with Crippen LogP contribution in [0.25, 0.3) is 0 Å². The molecule has 2 heterocycles. The molecule has 1 aliphatic rings. The molecule has 25 heavy (non-hydrogen) atoms. The molecule has 1 fully saturated rings. The van der Waals surface area contributed by atoms with Crippen molar-refractivity contribution in [3.8, 4) is 6.07 Å². The summed E-state index contributed by atoms with van der Waals surface area (Å²) in [6, 6.07) is 9.51. The Morgan fingerprint density at radius 1 is 1.32 bits per heavy atom. The zero-order chi connectivity index (χ0) is 17.8. The van der Waals surface area contributed by atoms with Crippen molar-refractivity contribution < 1.29 is 9.21 Å². The molecule has 0 radical (unpaired) electrons. The molecule has 0 atom stereocenters. The first kappa shape index (κ1) is 17.6. The zero-order valence-electron chi connectivity index (χ0n) is 13.7. The van der Waals surface area contributed by atoms with Gasteiger partial charge in [0.25, 0.3) is 0 Å². The first-order chi connectivity index (χ1) is 12.1. The van der Waals surface area contributed by atoms with Crippen molar-refractivity contribution in [2.24, 2.45) is 0 Å². The SMILES string of the molecule is Cc1nc(C#N)c(N2CCN(C(=O)CSc3ccc(Cl)cc3)CC2)o1. The second-order valence-corrected chi connectivity index (χ2v) is 7.09. The van der Waals surface area contributed by atoms with Crippen LogP contribution in [0.15, 0.2) is 33.6 Å². The zero-order valence-corrected chi connectivity index (χ0v) is 15.3. The first-order valence-corrected chi connectivity index (χ1v) is 9.22. The van der Waals surface area contributed by atoms with Crippen LogP contribution in [-0.2, 0) is 4.79 Å². The molecule has 0 saturated carbocycles. The number of rotatable bonds is 4. The third-order valence-electron chi connectivity index (χ3n) is 3.92. The number of carbonyl (C=O) groups is 1. The lowest BCUT2D eigenvalue weighted by Gasteiger charge is -2.34. The average Bonchev–Trinajstić information content (AvgIpc) is 3.02. The summed E-state index contributed by atoms with van der Waals surface area (Å²) < 4.78 is 5.53. The molecular formula is C17H17ClN4O2S. The summed E-state index contributed by atoms with van der Waals surface area (Å²) in [7, 11) is 0. The summed E-state index contributed by atoms with van der Waals surface area (Å²) in [5.74, 6) is 1.48. The molecule has 1 aromatic carbocycles. The van der Waals surface area contributed by atoms with Gasteiger partial charge in [-0.15, -0.1) is 11.8 Å². The third kappa shape index (κ3) is 4.27. The van der Waals surface area contributed by atoms with Crippen molar-refractivity contribution in [3.63, 3.8) is 0 Å². The summed E-state index contributed by atoms with van der Waals surface area (Å²) in [4.78, 5) is 21.3. The lowest BCUT2D eigenvalue weighted by molar-refractivity contribution is -0.128. The van der Waals surface area contributed by atoms with Gasteiger partial charge in [0.2, 0.25) is 17.5 Å². The largest absolute Gasteiger partial charge is 0.424 e. The molecule has 0 bridgehead atoms. The lowest BCUT2D eigenvalue weighted by Crippen LogP contribution is -2.49. The number of halogens is 1. The fourth-order valence-electron chi connectivity index (χ4n) is 2.63. The Kier molecular flexibility index (Phi) is 5.51. The number of thioether (sulfide) groups is 1. The van der Waals surface area contributed by atoms with Crippen molar-refractivity contribution in [1.82, 2.24) is 9.88 Å².